The van der Waals surface area contributed by atoms with Crippen LogP contribution in [0.3, 0.4) is 0 Å². The van der Waals surface area contributed by atoms with Crippen LogP contribution < -0.4 is 0 Å². The Labute approximate surface area is 127 Å². The Bertz CT molecular complexity index is 297. The van der Waals surface area contributed by atoms with Gasteiger partial charge >= 0.3 is 0 Å². The van der Waals surface area contributed by atoms with Crippen molar-refractivity contribution in [2.24, 2.45) is 0 Å². The fourth-order valence-corrected chi connectivity index (χ4v) is 2.55. The second-order valence-electron chi connectivity index (χ2n) is 6.49. The first kappa shape index (κ1) is 19.3. The van der Waals surface area contributed by atoms with Gasteiger partial charge in [-0.15, -0.1) is 0 Å². The zero-order valence-corrected chi connectivity index (χ0v) is 15.4. The molecule has 0 bridgehead atoms. The Kier molecular flexibility index (Phi) is 10.6. The summed E-state index contributed by atoms with van der Waals surface area (Å²) in [5, 5.41) is 0. The van der Waals surface area contributed by atoms with Crippen LogP contribution in [0.4, 0.5) is 0 Å². The molecular formula is C17H34O2Si. The van der Waals surface area contributed by atoms with E-state index in [-0.39, 0.29) is 0 Å². The Morgan fingerprint density at radius 2 is 1.60 bits per heavy atom. The lowest BCUT2D eigenvalue weighted by Gasteiger charge is -2.22. The maximum absolute atomic E-state index is 5.93. The molecular weight excluding hydrogens is 264 g/mol. The van der Waals surface area contributed by atoms with Gasteiger partial charge < -0.3 is 9.16 Å². The van der Waals surface area contributed by atoms with Gasteiger partial charge in [-0.1, -0.05) is 44.8 Å². The quantitative estimate of drug-likeness (QED) is 0.201. The zero-order valence-electron chi connectivity index (χ0n) is 14.4. The first-order valence-corrected chi connectivity index (χ1v) is 11.4. The van der Waals surface area contributed by atoms with Crippen molar-refractivity contribution >= 4 is 8.32 Å². The molecule has 0 aromatic rings. The highest BCUT2D eigenvalue weighted by Crippen LogP contribution is 2.15. The molecule has 0 amide bonds. The van der Waals surface area contributed by atoms with Gasteiger partial charge in [0.05, 0.1) is 0 Å². The molecule has 3 heteroatoms. The average Bonchev–Trinajstić information content (AvgIpc) is 2.33. The average molecular weight is 299 g/mol. The predicted molar refractivity (Wildman–Crippen MR) is 91.3 cm³/mol. The second kappa shape index (κ2) is 11.0. The van der Waals surface area contributed by atoms with Crippen molar-refractivity contribution in [2.45, 2.75) is 78.9 Å². The Hall–Kier alpha value is -0.703. The molecule has 0 aromatic carbocycles. The highest BCUT2D eigenvalue weighted by atomic mass is 28.4. The van der Waals surface area contributed by atoms with Crippen LogP contribution in [0.5, 0.6) is 0 Å². The molecule has 0 fully saturated rings. The minimum atomic E-state index is -1.58. The van der Waals surface area contributed by atoms with Crippen LogP contribution >= 0.6 is 0 Å². The van der Waals surface area contributed by atoms with E-state index in [1.165, 1.54) is 32.1 Å². The van der Waals surface area contributed by atoms with Gasteiger partial charge in [-0.2, -0.15) is 0 Å². The summed E-state index contributed by atoms with van der Waals surface area (Å²) >= 11 is 0. The van der Waals surface area contributed by atoms with Crippen LogP contribution in [-0.2, 0) is 9.16 Å². The SMILES string of the molecule is CCCCCCCC=CCOC(O[Si](C)(C)C)=C(C)C. The molecule has 0 aliphatic carbocycles. The van der Waals surface area contributed by atoms with Gasteiger partial charge in [0.15, 0.2) is 0 Å². The van der Waals surface area contributed by atoms with Crippen molar-refractivity contribution in [3.05, 3.63) is 23.7 Å². The summed E-state index contributed by atoms with van der Waals surface area (Å²) in [5.74, 6) is 0.719. The summed E-state index contributed by atoms with van der Waals surface area (Å²) in [7, 11) is -1.58. The Morgan fingerprint density at radius 3 is 2.15 bits per heavy atom. The van der Waals surface area contributed by atoms with Crippen molar-refractivity contribution in [2.75, 3.05) is 6.61 Å². The molecule has 0 radical (unpaired) electrons. The topological polar surface area (TPSA) is 18.5 Å². The van der Waals surface area contributed by atoms with E-state index in [1.807, 2.05) is 13.8 Å². The molecule has 0 atom stereocenters. The largest absolute Gasteiger partial charge is 0.520 e. The van der Waals surface area contributed by atoms with Gasteiger partial charge in [-0.25, -0.2) is 0 Å². The van der Waals surface area contributed by atoms with Gasteiger partial charge in [0.2, 0.25) is 8.32 Å². The molecule has 20 heavy (non-hydrogen) atoms. The van der Waals surface area contributed by atoms with E-state index in [0.29, 0.717) is 6.61 Å². The second-order valence-corrected chi connectivity index (χ2v) is 10.9. The molecule has 0 saturated heterocycles. The standard InChI is InChI=1S/C17H34O2Si/c1-7-8-9-10-11-12-13-14-15-18-17(16(2)3)19-20(4,5)6/h13-14H,7-12,15H2,1-6H3. The third-order valence-electron chi connectivity index (χ3n) is 2.76. The van der Waals surface area contributed by atoms with E-state index in [2.05, 4.69) is 38.7 Å². The van der Waals surface area contributed by atoms with Gasteiger partial charge in [0, 0.05) is 5.57 Å². The van der Waals surface area contributed by atoms with E-state index in [0.717, 1.165) is 17.9 Å². The molecule has 0 spiro atoms. The van der Waals surface area contributed by atoms with E-state index in [1.54, 1.807) is 0 Å². The third-order valence-corrected chi connectivity index (χ3v) is 3.56. The summed E-state index contributed by atoms with van der Waals surface area (Å²) in [6.45, 7) is 13.4. The first-order chi connectivity index (χ1) is 9.37. The third kappa shape index (κ3) is 12.3. The number of ether oxygens (including phenoxy) is 1. The molecule has 0 heterocycles. The van der Waals surface area contributed by atoms with E-state index in [4.69, 9.17) is 9.16 Å². The van der Waals surface area contributed by atoms with E-state index in [9.17, 15) is 0 Å². The predicted octanol–water partition coefficient (Wildman–Crippen LogP) is 6.02. The molecule has 0 saturated carbocycles. The fraction of sp³-hybridized carbons (Fsp3) is 0.765. The Balaban J connectivity index is 3.82. The molecule has 0 unspecified atom stereocenters. The number of rotatable bonds is 11. The molecule has 2 nitrogen and oxygen atoms in total. The fourth-order valence-electron chi connectivity index (χ4n) is 1.73. The van der Waals surface area contributed by atoms with Crippen LogP contribution in [0.25, 0.3) is 0 Å². The maximum Gasteiger partial charge on any atom is 0.264 e. The number of hydrogen-bond donors (Lipinski definition) is 0. The van der Waals surface area contributed by atoms with Crippen LogP contribution in [0.15, 0.2) is 23.7 Å². The van der Waals surface area contributed by atoms with Crippen molar-refractivity contribution in [1.29, 1.82) is 0 Å². The minimum Gasteiger partial charge on any atom is -0.520 e. The number of allylic oxidation sites excluding steroid dienone is 2. The maximum atomic E-state index is 5.93. The van der Waals surface area contributed by atoms with Gasteiger partial charge in [-0.3, -0.25) is 0 Å². The monoisotopic (exact) mass is 298 g/mol. The van der Waals surface area contributed by atoms with E-state index >= 15 is 0 Å². The van der Waals surface area contributed by atoms with Crippen LogP contribution in [0.2, 0.25) is 19.6 Å². The number of hydrogen-bond acceptors (Lipinski definition) is 2. The Morgan fingerprint density at radius 1 is 0.950 bits per heavy atom. The van der Waals surface area contributed by atoms with Gasteiger partial charge in [-0.05, 0) is 46.3 Å². The summed E-state index contributed by atoms with van der Waals surface area (Å²) < 4.78 is 11.7. The molecule has 0 N–H and O–H groups in total. The van der Waals surface area contributed by atoms with Crippen LogP contribution in [-0.4, -0.2) is 14.9 Å². The highest BCUT2D eigenvalue weighted by molar-refractivity contribution is 6.70. The summed E-state index contributed by atoms with van der Waals surface area (Å²) in [6, 6.07) is 0. The zero-order chi connectivity index (χ0) is 15.4. The lowest BCUT2D eigenvalue weighted by molar-refractivity contribution is 0.118. The smallest absolute Gasteiger partial charge is 0.264 e. The van der Waals surface area contributed by atoms with Crippen molar-refractivity contribution in [3.63, 3.8) is 0 Å². The molecule has 0 aliphatic rings. The normalized spacial score (nSPS) is 11.7. The van der Waals surface area contributed by atoms with Crippen LogP contribution in [0, 0.1) is 0 Å². The van der Waals surface area contributed by atoms with Crippen molar-refractivity contribution < 1.29 is 9.16 Å². The molecule has 0 aromatic heterocycles. The summed E-state index contributed by atoms with van der Waals surface area (Å²) in [6.07, 6.45) is 12.2. The highest BCUT2D eigenvalue weighted by Gasteiger charge is 2.19. The van der Waals surface area contributed by atoms with Crippen molar-refractivity contribution in [1.82, 2.24) is 0 Å². The first-order valence-electron chi connectivity index (χ1n) is 8.01. The van der Waals surface area contributed by atoms with Crippen molar-refractivity contribution in [3.8, 4) is 0 Å². The lowest BCUT2D eigenvalue weighted by atomic mass is 10.1. The minimum absolute atomic E-state index is 0.611. The van der Waals surface area contributed by atoms with E-state index < -0.39 is 8.32 Å². The summed E-state index contributed by atoms with van der Waals surface area (Å²) in [5.41, 5.74) is 1.11. The molecule has 0 aliphatic heterocycles. The van der Waals surface area contributed by atoms with Crippen LogP contribution in [0.1, 0.15) is 59.3 Å². The molecule has 0 rings (SSSR count). The lowest BCUT2D eigenvalue weighted by Crippen LogP contribution is -2.26. The molecule has 118 valence electrons. The summed E-state index contributed by atoms with van der Waals surface area (Å²) in [4.78, 5) is 0. The van der Waals surface area contributed by atoms with Gasteiger partial charge in [0.1, 0.15) is 6.61 Å². The van der Waals surface area contributed by atoms with Gasteiger partial charge in [0.25, 0.3) is 5.95 Å². The number of unbranched alkanes of at least 4 members (excludes halogenated alkanes) is 5.